The fourth-order valence-electron chi connectivity index (χ4n) is 3.16. The van der Waals surface area contributed by atoms with Crippen LogP contribution < -0.4 is 10.6 Å². The predicted octanol–water partition coefficient (Wildman–Crippen LogP) is 4.29. The molecule has 2 heterocycles. The molecule has 2 aromatic heterocycles. The van der Waals surface area contributed by atoms with Crippen molar-refractivity contribution in [3.63, 3.8) is 0 Å². The van der Waals surface area contributed by atoms with Gasteiger partial charge in [0.15, 0.2) is 0 Å². The van der Waals surface area contributed by atoms with Crippen molar-refractivity contribution in [3.05, 3.63) is 106 Å². The van der Waals surface area contributed by atoms with Crippen molar-refractivity contribution in [2.24, 2.45) is 0 Å². The summed E-state index contributed by atoms with van der Waals surface area (Å²) in [5, 5.41) is 12.2. The molecular weight excluding hydrogens is 394 g/mol. The summed E-state index contributed by atoms with van der Waals surface area (Å²) in [5.41, 5.74) is 4.43. The monoisotopic (exact) mass is 417 g/mol. The van der Waals surface area contributed by atoms with Crippen LogP contribution in [0.25, 0.3) is 0 Å². The smallest absolute Gasteiger partial charge is 0.315 e. The number of amides is 2. The highest BCUT2D eigenvalue weighted by Gasteiger charge is 2.17. The van der Waals surface area contributed by atoms with E-state index >= 15 is 0 Å². The van der Waals surface area contributed by atoms with Crippen LogP contribution in [-0.2, 0) is 13.1 Å². The first kappa shape index (κ1) is 19.8. The number of nitrogens with zero attached hydrogens (tertiary/aromatic N) is 3. The summed E-state index contributed by atoms with van der Waals surface area (Å²) in [5.74, 6) is 0. The highest BCUT2D eigenvalue weighted by Crippen LogP contribution is 2.26. The zero-order valence-electron chi connectivity index (χ0n) is 16.7. The number of hydrogen-bond acceptors (Lipinski definition) is 4. The molecule has 0 radical (unpaired) electrons. The van der Waals surface area contributed by atoms with Gasteiger partial charge < -0.3 is 10.6 Å². The molecule has 152 valence electrons. The molecule has 0 saturated heterocycles. The lowest BCUT2D eigenvalue weighted by atomic mass is 10.0. The van der Waals surface area contributed by atoms with Gasteiger partial charge in [-0.15, -0.1) is 11.3 Å². The molecular formula is C23H23N5OS. The minimum atomic E-state index is -0.194. The first-order valence-corrected chi connectivity index (χ1v) is 10.6. The van der Waals surface area contributed by atoms with Gasteiger partial charge >= 0.3 is 6.03 Å². The normalized spacial score (nSPS) is 11.8. The Bertz CT molecular complexity index is 1060. The third-order valence-electron chi connectivity index (χ3n) is 4.80. The number of benzene rings is 2. The van der Waals surface area contributed by atoms with E-state index in [0.717, 1.165) is 21.6 Å². The van der Waals surface area contributed by atoms with E-state index in [2.05, 4.69) is 51.9 Å². The maximum atomic E-state index is 12.6. The van der Waals surface area contributed by atoms with Crippen molar-refractivity contribution in [2.45, 2.75) is 26.1 Å². The van der Waals surface area contributed by atoms with E-state index in [-0.39, 0.29) is 12.1 Å². The van der Waals surface area contributed by atoms with Crippen LogP contribution in [0.3, 0.4) is 0 Å². The highest BCUT2D eigenvalue weighted by atomic mass is 32.1. The van der Waals surface area contributed by atoms with Crippen molar-refractivity contribution in [1.82, 2.24) is 25.4 Å². The van der Waals surface area contributed by atoms with Gasteiger partial charge in [-0.05, 0) is 35.1 Å². The predicted molar refractivity (Wildman–Crippen MR) is 118 cm³/mol. The fraction of sp³-hybridized carbons (Fsp3) is 0.174. The van der Waals surface area contributed by atoms with E-state index in [9.17, 15) is 4.79 Å². The Morgan fingerprint density at radius 1 is 1.07 bits per heavy atom. The summed E-state index contributed by atoms with van der Waals surface area (Å²) in [6.07, 6.45) is 3.22. The molecule has 4 aromatic rings. The fourth-order valence-corrected chi connectivity index (χ4v) is 3.96. The molecule has 0 unspecified atom stereocenters. The number of hydrogen-bond donors (Lipinski definition) is 2. The van der Waals surface area contributed by atoms with Gasteiger partial charge in [0.2, 0.25) is 0 Å². The number of thiophene rings is 1. The van der Waals surface area contributed by atoms with Gasteiger partial charge in [0, 0.05) is 11.4 Å². The number of rotatable bonds is 7. The Labute approximate surface area is 179 Å². The molecule has 6 nitrogen and oxygen atoms in total. The molecule has 0 saturated carbocycles. The Kier molecular flexibility index (Phi) is 6.20. The average Bonchev–Trinajstić information content (AvgIpc) is 3.47. The molecule has 0 aliphatic heterocycles. The third kappa shape index (κ3) is 5.12. The van der Waals surface area contributed by atoms with Gasteiger partial charge in [-0.2, -0.15) is 5.10 Å². The van der Waals surface area contributed by atoms with Crippen LogP contribution >= 0.6 is 11.3 Å². The molecule has 0 fully saturated rings. The van der Waals surface area contributed by atoms with E-state index in [0.29, 0.717) is 13.1 Å². The van der Waals surface area contributed by atoms with Crippen molar-refractivity contribution >= 4 is 17.4 Å². The van der Waals surface area contributed by atoms with Crippen LogP contribution in [0.15, 0.2) is 78.7 Å². The Morgan fingerprint density at radius 2 is 1.83 bits per heavy atom. The van der Waals surface area contributed by atoms with Crippen molar-refractivity contribution in [3.8, 4) is 0 Å². The second-order valence-electron chi connectivity index (χ2n) is 7.10. The van der Waals surface area contributed by atoms with Crippen LogP contribution in [0.5, 0.6) is 0 Å². The first-order chi connectivity index (χ1) is 14.7. The number of nitrogens with one attached hydrogen (secondary N) is 2. The second kappa shape index (κ2) is 9.37. The van der Waals surface area contributed by atoms with E-state index in [1.54, 1.807) is 22.3 Å². The average molecular weight is 418 g/mol. The van der Waals surface area contributed by atoms with Crippen molar-refractivity contribution in [1.29, 1.82) is 0 Å². The van der Waals surface area contributed by atoms with Gasteiger partial charge in [0.25, 0.3) is 0 Å². The van der Waals surface area contributed by atoms with Crippen molar-refractivity contribution in [2.75, 3.05) is 0 Å². The highest BCUT2D eigenvalue weighted by molar-refractivity contribution is 7.10. The minimum absolute atomic E-state index is 0.171. The Morgan fingerprint density at radius 3 is 2.50 bits per heavy atom. The second-order valence-corrected chi connectivity index (χ2v) is 8.07. The Hall–Kier alpha value is -3.45. The maximum Gasteiger partial charge on any atom is 0.315 e. The van der Waals surface area contributed by atoms with E-state index < -0.39 is 0 Å². The van der Waals surface area contributed by atoms with Crippen LogP contribution in [0.4, 0.5) is 4.79 Å². The number of aryl methyl sites for hydroxylation is 1. The van der Waals surface area contributed by atoms with Gasteiger partial charge in [0.05, 0.1) is 12.6 Å². The SMILES string of the molecule is Cc1ccc([C@@H](NC(=O)NCc2ccc(Cn3cncn3)cc2)c2cccs2)cc1. The third-order valence-corrected chi connectivity index (χ3v) is 5.74. The maximum absolute atomic E-state index is 12.6. The molecule has 0 aliphatic rings. The minimum Gasteiger partial charge on any atom is -0.334 e. The standard InChI is InChI=1S/C23H23N5OS/c1-17-4-10-20(11-5-17)22(21-3-2-12-30-21)27-23(29)25-13-18-6-8-19(9-7-18)14-28-16-24-15-26-28/h2-12,15-16,22H,13-14H2,1H3,(H2,25,27,29)/t22-/m1/s1. The molecule has 1 atom stereocenters. The largest absolute Gasteiger partial charge is 0.334 e. The number of urea groups is 1. The summed E-state index contributed by atoms with van der Waals surface area (Å²) in [6.45, 7) is 3.19. The number of carbonyl (C=O) groups excluding carboxylic acids is 1. The van der Waals surface area contributed by atoms with Crippen LogP contribution in [0.2, 0.25) is 0 Å². The molecule has 2 N–H and O–H groups in total. The lowest BCUT2D eigenvalue weighted by Crippen LogP contribution is -2.37. The first-order valence-electron chi connectivity index (χ1n) is 9.72. The van der Waals surface area contributed by atoms with Crippen LogP contribution in [0, 0.1) is 6.92 Å². The van der Waals surface area contributed by atoms with Gasteiger partial charge in [-0.3, -0.25) is 0 Å². The van der Waals surface area contributed by atoms with E-state index in [1.165, 1.54) is 11.9 Å². The van der Waals surface area contributed by atoms with Crippen LogP contribution in [0.1, 0.15) is 33.2 Å². The summed E-state index contributed by atoms with van der Waals surface area (Å²) < 4.78 is 1.77. The molecule has 4 rings (SSSR count). The van der Waals surface area contributed by atoms with Crippen LogP contribution in [-0.4, -0.2) is 20.8 Å². The van der Waals surface area contributed by atoms with Gasteiger partial charge in [-0.25, -0.2) is 14.5 Å². The number of aromatic nitrogens is 3. The molecule has 2 amide bonds. The number of carbonyl (C=O) groups is 1. The molecule has 7 heteroatoms. The molecule has 0 bridgehead atoms. The van der Waals surface area contributed by atoms with E-state index in [4.69, 9.17) is 0 Å². The molecule has 0 aliphatic carbocycles. The molecule has 30 heavy (non-hydrogen) atoms. The van der Waals surface area contributed by atoms with Gasteiger partial charge in [-0.1, -0.05) is 60.2 Å². The zero-order chi connectivity index (χ0) is 20.8. The molecule has 2 aromatic carbocycles. The van der Waals surface area contributed by atoms with Gasteiger partial charge in [0.1, 0.15) is 12.7 Å². The van der Waals surface area contributed by atoms with E-state index in [1.807, 2.05) is 41.8 Å². The quantitative estimate of drug-likeness (QED) is 0.471. The Balaban J connectivity index is 1.36. The summed E-state index contributed by atoms with van der Waals surface area (Å²) in [6, 6.07) is 20.1. The topological polar surface area (TPSA) is 71.8 Å². The zero-order valence-corrected chi connectivity index (χ0v) is 17.5. The van der Waals surface area contributed by atoms with Crippen molar-refractivity contribution < 1.29 is 4.79 Å². The lowest BCUT2D eigenvalue weighted by molar-refractivity contribution is 0.238. The summed E-state index contributed by atoms with van der Waals surface area (Å²) in [4.78, 5) is 17.7. The summed E-state index contributed by atoms with van der Waals surface area (Å²) in [7, 11) is 0. The lowest BCUT2D eigenvalue weighted by Gasteiger charge is -2.19. The summed E-state index contributed by atoms with van der Waals surface area (Å²) >= 11 is 1.64. The molecule has 0 spiro atoms.